The Morgan fingerprint density at radius 3 is 2.25 bits per heavy atom. The Morgan fingerprint density at radius 2 is 1.59 bits per heavy atom. The molecule has 1 aliphatic carbocycles. The van der Waals surface area contributed by atoms with E-state index < -0.39 is 104 Å². The van der Waals surface area contributed by atoms with Crippen molar-refractivity contribution >= 4 is 36.9 Å². The minimum atomic E-state index is -3.79. The van der Waals surface area contributed by atoms with Gasteiger partial charge in [-0.3, -0.25) is 23.7 Å². The molecule has 1 amide bonds. The lowest BCUT2D eigenvalue weighted by atomic mass is 9.78. The summed E-state index contributed by atoms with van der Waals surface area (Å²) in [6, 6.07) is -1.18. The lowest BCUT2D eigenvalue weighted by molar-refractivity contribution is -0.265. The van der Waals surface area contributed by atoms with E-state index >= 15 is 0 Å². The number of esters is 1. The van der Waals surface area contributed by atoms with E-state index in [9.17, 15) is 38.8 Å². The first-order valence-corrected chi connectivity index (χ1v) is 26.6. The van der Waals surface area contributed by atoms with Crippen LogP contribution in [0.4, 0.5) is 0 Å². The fraction of sp³-hybridized carbons (Fsp3) is 0.745. The number of cyclic esters (lactones) is 1. The molecule has 1 saturated carbocycles. The van der Waals surface area contributed by atoms with E-state index in [1.807, 2.05) is 51.2 Å². The summed E-state index contributed by atoms with van der Waals surface area (Å²) in [5, 5.41) is 23.5. The maximum atomic E-state index is 14.5. The molecule has 3 aliphatic heterocycles. The Kier molecular flexibility index (Phi) is 22.4. The van der Waals surface area contributed by atoms with E-state index in [4.69, 9.17) is 39.2 Å². The molecular formula is C51H82N3O14P. The van der Waals surface area contributed by atoms with E-state index in [-0.39, 0.29) is 48.4 Å². The third-order valence-corrected chi connectivity index (χ3v) is 15.4. The number of aliphatic hydroxyl groups is 2. The predicted molar refractivity (Wildman–Crippen MR) is 260 cm³/mol. The van der Waals surface area contributed by atoms with Crippen LogP contribution in [0.25, 0.3) is 0 Å². The zero-order valence-corrected chi connectivity index (χ0v) is 43.5. The molecule has 2 bridgehead atoms. The zero-order valence-electron chi connectivity index (χ0n) is 42.6. The first-order chi connectivity index (χ1) is 32.4. The number of ether oxygens (including phenoxy) is 5. The molecule has 6 N–H and O–H groups in total. The Morgan fingerprint density at radius 1 is 0.884 bits per heavy atom. The van der Waals surface area contributed by atoms with Gasteiger partial charge in [-0.2, -0.15) is 0 Å². The molecule has 2 unspecified atom stereocenters. The number of nitrogens with two attached hydrogens (primary N) is 2. The Bertz CT molecular complexity index is 1950. The second kappa shape index (κ2) is 26.5. The smallest absolute Gasteiger partial charge is 0.335 e. The first-order valence-electron chi connectivity index (χ1n) is 24.8. The van der Waals surface area contributed by atoms with Gasteiger partial charge in [-0.15, -0.1) is 0 Å². The third-order valence-electron chi connectivity index (χ3n) is 14.8. The fourth-order valence-corrected chi connectivity index (χ4v) is 11.1. The molecule has 0 spiro atoms. The zero-order chi connectivity index (χ0) is 51.4. The average molecular weight is 992 g/mol. The predicted octanol–water partition coefficient (Wildman–Crippen LogP) is 6.23. The van der Waals surface area contributed by atoms with Gasteiger partial charge in [-0.1, -0.05) is 71.1 Å². The van der Waals surface area contributed by atoms with Crippen molar-refractivity contribution in [2.24, 2.45) is 46.5 Å². The van der Waals surface area contributed by atoms with Gasteiger partial charge in [-0.25, -0.2) is 15.8 Å². The molecule has 15 atom stereocenters. The molecule has 4 aliphatic rings. The molecule has 0 aromatic rings. The number of Topliss-reactive ketones (excluding diaryl/α,β-unsaturated/α-hetero) is 3. The van der Waals surface area contributed by atoms with Crippen LogP contribution < -0.4 is 11.0 Å². The van der Waals surface area contributed by atoms with Gasteiger partial charge in [-0.05, 0) is 107 Å². The number of nitrogens with zero attached hydrogens (tertiary/aromatic N) is 1. The number of methoxy groups -OCH3 is 3. The van der Waals surface area contributed by atoms with Gasteiger partial charge in [0.25, 0.3) is 11.7 Å². The van der Waals surface area contributed by atoms with Gasteiger partial charge in [0.1, 0.15) is 18.2 Å². The second-order valence-corrected chi connectivity index (χ2v) is 21.8. The molecule has 18 heteroatoms. The highest BCUT2D eigenvalue weighted by Gasteiger charge is 2.53. The molecule has 0 aromatic carbocycles. The van der Waals surface area contributed by atoms with Gasteiger partial charge < -0.3 is 43.3 Å². The van der Waals surface area contributed by atoms with Crippen LogP contribution in [0.15, 0.2) is 47.6 Å². The minimum Gasteiger partial charge on any atom is -0.460 e. The number of amides is 1. The van der Waals surface area contributed by atoms with E-state index in [0.717, 1.165) is 5.57 Å². The van der Waals surface area contributed by atoms with E-state index in [2.05, 4.69) is 0 Å². The van der Waals surface area contributed by atoms with Crippen molar-refractivity contribution < 1.29 is 67.0 Å². The number of hydrogen-bond donors (Lipinski definition) is 4. The number of hydrogen-bond acceptors (Lipinski definition) is 14. The van der Waals surface area contributed by atoms with Crippen molar-refractivity contribution in [3.05, 3.63) is 47.6 Å². The molecule has 17 nitrogen and oxygen atoms in total. The molecular weight excluding hydrogens is 910 g/mol. The second-order valence-electron chi connectivity index (χ2n) is 20.3. The lowest BCUT2D eigenvalue weighted by Gasteiger charge is -2.42. The molecule has 0 radical (unpaired) electrons. The molecule has 3 fully saturated rings. The number of fused-ring (bicyclic) bond motifs is 3. The number of carbonyl (C=O) groups is 5. The quantitative estimate of drug-likeness (QED) is 0.119. The van der Waals surface area contributed by atoms with Crippen LogP contribution in [0.5, 0.6) is 0 Å². The van der Waals surface area contributed by atoms with Crippen molar-refractivity contribution in [1.82, 2.24) is 4.90 Å². The van der Waals surface area contributed by atoms with Crippen LogP contribution in [-0.4, -0.2) is 127 Å². The number of aliphatic hydroxyl groups excluding tert-OH is 1. The summed E-state index contributed by atoms with van der Waals surface area (Å²) in [6.45, 7) is 12.6. The summed E-state index contributed by atoms with van der Waals surface area (Å²) in [4.78, 5) is 72.1. The van der Waals surface area contributed by atoms with Gasteiger partial charge in [0, 0.05) is 58.5 Å². The van der Waals surface area contributed by atoms with Crippen molar-refractivity contribution in [3.63, 3.8) is 0 Å². The number of allylic oxidation sites excluding steroid dienone is 6. The summed E-state index contributed by atoms with van der Waals surface area (Å²) in [7, 11) is 0.664. The van der Waals surface area contributed by atoms with Crippen molar-refractivity contribution in [3.8, 4) is 0 Å². The van der Waals surface area contributed by atoms with Gasteiger partial charge in [0.15, 0.2) is 11.6 Å². The van der Waals surface area contributed by atoms with Crippen molar-refractivity contribution in [2.75, 3.05) is 27.9 Å². The van der Waals surface area contributed by atoms with E-state index in [0.29, 0.717) is 64.2 Å². The van der Waals surface area contributed by atoms with Gasteiger partial charge in [0.2, 0.25) is 5.79 Å². The summed E-state index contributed by atoms with van der Waals surface area (Å²) in [5.74, 6) is -8.38. The molecule has 4 rings (SSSR count). The molecule has 3 heterocycles. The SMILES string of the molecule is CO[C@H]1C[C@@H]2CC[C@@H](C)[C@@](O)(O2)C(=O)C(=O)N2CCCC[C@H]2C(=O)OC([C@H](C)C[C@@H]2CC[C@@H](OP(N)(N)=O)[C@H](OC)C2)CC(=O)C(C)=CC(C)[C@@H](O)[C@@H](OC)C(=O)[C@H](C)C[C@H](C)C=CC=CC=C1C. The normalized spacial score (nSPS) is 36.6. The number of rotatable bonds is 8. The summed E-state index contributed by atoms with van der Waals surface area (Å²) >= 11 is 0. The maximum Gasteiger partial charge on any atom is 0.335 e. The van der Waals surface area contributed by atoms with Crippen molar-refractivity contribution in [1.29, 1.82) is 0 Å². The van der Waals surface area contributed by atoms with Crippen LogP contribution in [0.2, 0.25) is 0 Å². The summed E-state index contributed by atoms with van der Waals surface area (Å²) in [5.41, 5.74) is 12.2. The standard InChI is InChI=1S/C51H82N3O14P/c1-30-16-12-11-13-17-31(2)42(63-8)28-38-21-19-36(7)51(61,67-38)48(58)49(59)54-23-15-14-18-39(54)50(60)66-43(33(4)26-37-20-22-41(44(27-37)64-9)68-69(52,53)62)29-40(55)32(3)25-35(6)46(57)47(65-10)45(56)34(5)24-30/h11-13,16-17,25,30,33-39,41-44,46-47,57,61H,14-15,18-24,26-29H2,1-10H3,(H4,52,53,62)/t30-,33-,34-,35?,36-,37+,38+,39+,41-,42+,43?,44-,46-,47+,51-/m1/s1. The number of ketones is 3. The van der Waals surface area contributed by atoms with Crippen molar-refractivity contribution in [2.45, 2.75) is 180 Å². The largest absolute Gasteiger partial charge is 0.460 e. The molecule has 69 heavy (non-hydrogen) atoms. The fourth-order valence-electron chi connectivity index (χ4n) is 10.5. The summed E-state index contributed by atoms with van der Waals surface area (Å²) < 4.78 is 47.1. The highest BCUT2D eigenvalue weighted by atomic mass is 31.2. The lowest BCUT2D eigenvalue weighted by Crippen LogP contribution is -2.61. The first kappa shape index (κ1) is 58.4. The van der Waals surface area contributed by atoms with Crippen LogP contribution in [0.1, 0.15) is 126 Å². The highest BCUT2D eigenvalue weighted by Crippen LogP contribution is 2.41. The molecule has 2 saturated heterocycles. The molecule has 390 valence electrons. The highest BCUT2D eigenvalue weighted by molar-refractivity contribution is 7.53. The van der Waals surface area contributed by atoms with E-state index in [1.165, 1.54) is 19.1 Å². The average Bonchev–Trinajstić information content (AvgIpc) is 3.30. The van der Waals surface area contributed by atoms with Gasteiger partial charge >= 0.3 is 13.6 Å². The van der Waals surface area contributed by atoms with Crippen LogP contribution >= 0.6 is 7.67 Å². The monoisotopic (exact) mass is 992 g/mol. The summed E-state index contributed by atoms with van der Waals surface area (Å²) in [6.07, 6.45) is 10.3. The maximum absolute atomic E-state index is 14.5. The third kappa shape index (κ3) is 16.1. The topological polar surface area (TPSA) is 254 Å². The Hall–Kier alpha value is -3.22. The van der Waals surface area contributed by atoms with E-state index in [1.54, 1.807) is 40.9 Å². The van der Waals surface area contributed by atoms with Crippen LogP contribution in [0.3, 0.4) is 0 Å². The minimum absolute atomic E-state index is 0.00300. The Balaban J connectivity index is 1.70. The van der Waals surface area contributed by atoms with Crippen LogP contribution in [-0.2, 0) is 56.7 Å². The number of piperidine rings is 1. The Labute approximate surface area is 409 Å². The number of carbonyl (C=O) groups excluding carboxylic acids is 5. The van der Waals surface area contributed by atoms with Gasteiger partial charge in [0.05, 0.1) is 30.5 Å². The molecule has 0 aromatic heterocycles. The van der Waals surface area contributed by atoms with Crippen LogP contribution in [0, 0.1) is 35.5 Å².